The first-order valence-corrected chi connectivity index (χ1v) is 12.1. The number of benzene rings is 1. The number of rotatable bonds is 6. The van der Waals surface area contributed by atoms with Crippen molar-refractivity contribution in [1.29, 1.82) is 0 Å². The van der Waals surface area contributed by atoms with Gasteiger partial charge in [-0.1, -0.05) is 32.0 Å². The van der Waals surface area contributed by atoms with Gasteiger partial charge in [-0.2, -0.15) is 5.10 Å². The van der Waals surface area contributed by atoms with Crippen molar-refractivity contribution in [3.05, 3.63) is 30.0 Å². The number of nitrogens with zero attached hydrogens (tertiary/aromatic N) is 3. The van der Waals surface area contributed by atoms with Gasteiger partial charge in [0.15, 0.2) is 5.69 Å². The molecule has 3 aliphatic rings. The Morgan fingerprint density at radius 3 is 2.68 bits per heavy atom. The molecule has 2 saturated carbocycles. The van der Waals surface area contributed by atoms with Crippen LogP contribution in [0, 0.1) is 11.3 Å². The standard InChI is InChI=1S/C25H33N5O4/c1-25(2)11-15(10-16(12-25)34-3)27-24(33)20-9-14-8-19(14)30(20)21(31)13-29-18-7-5-4-6-17(18)22(28-29)23(26)32/h4-7,14-16,19-20H,8-13H2,1-3H3,(H2,26,32)(H,27,33)/t14-,15?,16+,19-,20+/m1/s1. The molecule has 3 amide bonds. The van der Waals surface area contributed by atoms with Gasteiger partial charge in [0.2, 0.25) is 11.8 Å². The van der Waals surface area contributed by atoms with E-state index in [0.29, 0.717) is 23.2 Å². The Kier molecular flexibility index (Phi) is 5.62. The Morgan fingerprint density at radius 2 is 1.94 bits per heavy atom. The maximum atomic E-state index is 13.4. The largest absolute Gasteiger partial charge is 0.381 e. The number of aromatic nitrogens is 2. The molecule has 9 nitrogen and oxygen atoms in total. The van der Waals surface area contributed by atoms with Crippen molar-refractivity contribution in [2.75, 3.05) is 7.11 Å². The SMILES string of the molecule is CO[C@H]1CC(NC(=O)[C@@H]2C[C@H]3C[C@H]3N2C(=O)Cn2nc(C(N)=O)c3ccccc32)CC(C)(C)C1. The summed E-state index contributed by atoms with van der Waals surface area (Å²) in [6.45, 7) is 4.36. The van der Waals surface area contributed by atoms with E-state index in [1.165, 1.54) is 4.68 Å². The molecule has 1 saturated heterocycles. The van der Waals surface area contributed by atoms with Crippen LogP contribution in [0.1, 0.15) is 56.4 Å². The number of ether oxygens (including phenoxy) is 1. The zero-order chi connectivity index (χ0) is 24.2. The van der Waals surface area contributed by atoms with Crippen LogP contribution >= 0.6 is 0 Å². The molecule has 5 rings (SSSR count). The number of hydrogen-bond donors (Lipinski definition) is 2. The third-order valence-corrected chi connectivity index (χ3v) is 7.68. The minimum Gasteiger partial charge on any atom is -0.381 e. The highest BCUT2D eigenvalue weighted by molar-refractivity contribution is 6.04. The molecule has 0 bridgehead atoms. The van der Waals surface area contributed by atoms with E-state index in [9.17, 15) is 14.4 Å². The number of piperidine rings is 1. The van der Waals surface area contributed by atoms with Gasteiger partial charge in [0.1, 0.15) is 12.6 Å². The molecule has 1 aromatic carbocycles. The fraction of sp³-hybridized carbons (Fsp3) is 0.600. The number of para-hydroxylation sites is 1. The number of hydrogen-bond acceptors (Lipinski definition) is 5. The van der Waals surface area contributed by atoms with Gasteiger partial charge in [-0.25, -0.2) is 0 Å². The first-order valence-electron chi connectivity index (χ1n) is 12.1. The molecule has 2 aromatic rings. The summed E-state index contributed by atoms with van der Waals surface area (Å²) in [6.07, 6.45) is 4.40. The van der Waals surface area contributed by atoms with Crippen LogP contribution in [0.2, 0.25) is 0 Å². The number of primary amides is 1. The average molecular weight is 468 g/mol. The summed E-state index contributed by atoms with van der Waals surface area (Å²) < 4.78 is 7.13. The summed E-state index contributed by atoms with van der Waals surface area (Å²) >= 11 is 0. The van der Waals surface area contributed by atoms with E-state index in [2.05, 4.69) is 24.3 Å². The van der Waals surface area contributed by atoms with Gasteiger partial charge in [-0.05, 0) is 49.5 Å². The van der Waals surface area contributed by atoms with E-state index in [4.69, 9.17) is 10.5 Å². The van der Waals surface area contributed by atoms with Crippen LogP contribution in [0.3, 0.4) is 0 Å². The molecule has 9 heteroatoms. The Labute approximate surface area is 199 Å². The van der Waals surface area contributed by atoms with E-state index in [-0.39, 0.29) is 47.7 Å². The lowest BCUT2D eigenvalue weighted by molar-refractivity contribution is -0.141. The maximum Gasteiger partial charge on any atom is 0.269 e. The highest BCUT2D eigenvalue weighted by atomic mass is 16.5. The van der Waals surface area contributed by atoms with E-state index < -0.39 is 11.9 Å². The number of nitrogens with two attached hydrogens (primary N) is 1. The highest BCUT2D eigenvalue weighted by Gasteiger charge is 2.56. The van der Waals surface area contributed by atoms with Crippen molar-refractivity contribution in [3.63, 3.8) is 0 Å². The van der Waals surface area contributed by atoms with Crippen molar-refractivity contribution >= 4 is 28.6 Å². The van der Waals surface area contributed by atoms with E-state index in [1.807, 2.05) is 12.1 Å². The summed E-state index contributed by atoms with van der Waals surface area (Å²) in [5.41, 5.74) is 6.40. The predicted octanol–water partition coefficient (Wildman–Crippen LogP) is 1.83. The van der Waals surface area contributed by atoms with Crippen molar-refractivity contribution in [3.8, 4) is 0 Å². The van der Waals surface area contributed by atoms with Gasteiger partial charge in [0.05, 0.1) is 11.6 Å². The molecule has 3 N–H and O–H groups in total. The summed E-state index contributed by atoms with van der Waals surface area (Å²) in [4.78, 5) is 40.4. The maximum absolute atomic E-state index is 13.4. The molecule has 0 spiro atoms. The Bertz CT molecular complexity index is 1140. The zero-order valence-electron chi connectivity index (χ0n) is 20.0. The first-order chi connectivity index (χ1) is 16.2. The molecular weight excluding hydrogens is 434 g/mol. The third-order valence-electron chi connectivity index (χ3n) is 7.68. The fourth-order valence-electron chi connectivity index (χ4n) is 6.13. The molecule has 2 heterocycles. The van der Waals surface area contributed by atoms with Crippen molar-refractivity contribution in [1.82, 2.24) is 20.0 Å². The Balaban J connectivity index is 1.32. The number of fused-ring (bicyclic) bond motifs is 2. The second-order valence-electron chi connectivity index (χ2n) is 10.9. The fourth-order valence-corrected chi connectivity index (χ4v) is 6.13. The van der Waals surface area contributed by atoms with Gasteiger partial charge >= 0.3 is 0 Å². The highest BCUT2D eigenvalue weighted by Crippen LogP contribution is 2.48. The quantitative estimate of drug-likeness (QED) is 0.672. The lowest BCUT2D eigenvalue weighted by atomic mass is 9.73. The minimum atomic E-state index is -0.632. The summed E-state index contributed by atoms with van der Waals surface area (Å²) in [5, 5.41) is 8.16. The molecule has 182 valence electrons. The molecule has 2 aliphatic carbocycles. The lowest BCUT2D eigenvalue weighted by Crippen LogP contribution is -2.53. The monoisotopic (exact) mass is 467 g/mol. The summed E-state index contributed by atoms with van der Waals surface area (Å²) in [6, 6.07) is 6.88. The number of methoxy groups -OCH3 is 1. The van der Waals surface area contributed by atoms with Crippen LogP contribution in [0.5, 0.6) is 0 Å². The second-order valence-corrected chi connectivity index (χ2v) is 10.9. The topological polar surface area (TPSA) is 120 Å². The van der Waals surface area contributed by atoms with Crippen molar-refractivity contribution in [2.24, 2.45) is 17.1 Å². The molecule has 34 heavy (non-hydrogen) atoms. The zero-order valence-corrected chi connectivity index (χ0v) is 20.0. The second kappa shape index (κ2) is 8.37. The van der Waals surface area contributed by atoms with Gasteiger partial charge < -0.3 is 20.7 Å². The van der Waals surface area contributed by atoms with Gasteiger partial charge in [0.25, 0.3) is 5.91 Å². The van der Waals surface area contributed by atoms with Crippen molar-refractivity contribution in [2.45, 2.75) is 76.7 Å². The van der Waals surface area contributed by atoms with E-state index in [0.717, 1.165) is 25.7 Å². The van der Waals surface area contributed by atoms with Crippen LogP contribution in [0.4, 0.5) is 0 Å². The predicted molar refractivity (Wildman–Crippen MR) is 126 cm³/mol. The van der Waals surface area contributed by atoms with Crippen molar-refractivity contribution < 1.29 is 19.1 Å². The number of carbonyl (C=O) groups is 3. The Hall–Kier alpha value is -2.94. The first kappa shape index (κ1) is 22.8. The number of likely N-dealkylation sites (tertiary alicyclic amines) is 1. The summed E-state index contributed by atoms with van der Waals surface area (Å²) in [5.74, 6) is -0.493. The molecular formula is C25H33N5O4. The van der Waals surface area contributed by atoms with E-state index >= 15 is 0 Å². The van der Waals surface area contributed by atoms with Gasteiger partial charge in [0, 0.05) is 24.6 Å². The van der Waals surface area contributed by atoms with Gasteiger partial charge in [-0.3, -0.25) is 19.1 Å². The molecule has 1 aromatic heterocycles. The number of nitrogens with one attached hydrogen (secondary N) is 1. The normalized spacial score (nSPS) is 29.6. The number of amides is 3. The smallest absolute Gasteiger partial charge is 0.269 e. The van der Waals surface area contributed by atoms with Crippen LogP contribution in [0.15, 0.2) is 24.3 Å². The molecule has 0 radical (unpaired) electrons. The van der Waals surface area contributed by atoms with Gasteiger partial charge in [-0.15, -0.1) is 0 Å². The summed E-state index contributed by atoms with van der Waals surface area (Å²) in [7, 11) is 1.72. The third kappa shape index (κ3) is 4.17. The van der Waals surface area contributed by atoms with Crippen LogP contribution < -0.4 is 11.1 Å². The van der Waals surface area contributed by atoms with Crippen LogP contribution in [0.25, 0.3) is 10.9 Å². The Morgan fingerprint density at radius 1 is 1.18 bits per heavy atom. The molecule has 1 aliphatic heterocycles. The molecule has 5 atom stereocenters. The number of carbonyl (C=O) groups excluding carboxylic acids is 3. The molecule has 1 unspecified atom stereocenters. The molecule has 3 fully saturated rings. The van der Waals surface area contributed by atoms with E-state index in [1.54, 1.807) is 24.1 Å². The average Bonchev–Trinajstić information content (AvgIpc) is 3.28. The lowest BCUT2D eigenvalue weighted by Gasteiger charge is -2.40. The minimum absolute atomic E-state index is 0.0308. The van der Waals surface area contributed by atoms with Crippen LogP contribution in [-0.4, -0.2) is 63.7 Å². The van der Waals surface area contributed by atoms with Crippen LogP contribution in [-0.2, 0) is 20.9 Å².